The summed E-state index contributed by atoms with van der Waals surface area (Å²) in [4.78, 5) is 32.1. The van der Waals surface area contributed by atoms with Crippen LogP contribution in [-0.4, -0.2) is 69.1 Å². The van der Waals surface area contributed by atoms with Crippen molar-refractivity contribution in [3.63, 3.8) is 0 Å². The quantitative estimate of drug-likeness (QED) is 0.125. The van der Waals surface area contributed by atoms with Gasteiger partial charge in [-0.15, -0.1) is 12.4 Å². The van der Waals surface area contributed by atoms with E-state index in [4.69, 9.17) is 20.9 Å². The lowest BCUT2D eigenvalue weighted by Crippen LogP contribution is -2.53. The first kappa shape index (κ1) is 67.2. The van der Waals surface area contributed by atoms with Gasteiger partial charge in [-0.25, -0.2) is 28.3 Å². The number of amides is 2. The summed E-state index contributed by atoms with van der Waals surface area (Å²) >= 11 is 0. The van der Waals surface area contributed by atoms with Crippen LogP contribution in [0.15, 0.2) is 24.5 Å². The number of hydrogen-bond acceptors (Lipinski definition) is 10. The minimum atomic E-state index is -4.66. The average molecular weight is 1100 g/mol. The van der Waals surface area contributed by atoms with E-state index in [-0.39, 0.29) is 80.9 Å². The molecule has 7 rings (SSSR count). The molecule has 6 unspecified atom stereocenters. The number of aromatic nitrogens is 2. The molecule has 0 saturated heterocycles. The molecule has 0 radical (unpaired) electrons. The highest BCUT2D eigenvalue weighted by molar-refractivity contribution is 5.85. The molecule has 0 aromatic carbocycles. The van der Waals surface area contributed by atoms with Crippen LogP contribution >= 0.6 is 12.4 Å². The summed E-state index contributed by atoms with van der Waals surface area (Å²) < 4.78 is 115. The van der Waals surface area contributed by atoms with Crippen LogP contribution in [0.2, 0.25) is 0 Å². The molecule has 2 aromatic rings. The normalized spacial score (nSPS) is 31.5. The first-order valence-electron chi connectivity index (χ1n) is 25.9. The highest BCUT2D eigenvalue weighted by Crippen LogP contribution is 2.40. The van der Waals surface area contributed by atoms with Crippen LogP contribution < -0.4 is 32.7 Å². The van der Waals surface area contributed by atoms with Crippen molar-refractivity contribution in [3.8, 4) is 0 Å². The zero-order chi connectivity index (χ0) is 53.6. The number of nitrogens with two attached hydrogens (primary N) is 2. The molecular weight excluding hydrogens is 1010 g/mol. The summed E-state index contributed by atoms with van der Waals surface area (Å²) in [6, 6.07) is 0.385. The molecule has 0 bridgehead atoms. The minimum absolute atomic E-state index is 0. The molecule has 0 spiro atoms. The summed E-state index contributed by atoms with van der Waals surface area (Å²) in [5.41, 5.74) is 8.32. The molecule has 2 aromatic heterocycles. The van der Waals surface area contributed by atoms with Gasteiger partial charge in [0.15, 0.2) is 23.3 Å². The van der Waals surface area contributed by atoms with Gasteiger partial charge in [0.1, 0.15) is 12.2 Å². The fourth-order valence-electron chi connectivity index (χ4n) is 11.4. The number of alkyl halides is 6. The van der Waals surface area contributed by atoms with E-state index in [0.29, 0.717) is 72.9 Å². The van der Waals surface area contributed by atoms with Crippen molar-refractivity contribution in [2.45, 2.75) is 233 Å². The van der Waals surface area contributed by atoms with Crippen LogP contribution in [0, 0.1) is 47.1 Å². The van der Waals surface area contributed by atoms with E-state index >= 15 is 0 Å². The second-order valence-electron chi connectivity index (χ2n) is 22.9. The van der Waals surface area contributed by atoms with E-state index in [2.05, 4.69) is 72.8 Å². The number of pyridine rings is 2. The predicted molar refractivity (Wildman–Crippen MR) is 282 cm³/mol. The fourth-order valence-corrected chi connectivity index (χ4v) is 11.4. The first-order chi connectivity index (χ1) is 33.4. The molecule has 12 atom stereocenters. The molecule has 21 heteroatoms. The molecule has 2 amide bonds. The van der Waals surface area contributed by atoms with Gasteiger partial charge in [0.2, 0.25) is 0 Å². The third-order valence-corrected chi connectivity index (χ3v) is 16.2. The van der Waals surface area contributed by atoms with Crippen LogP contribution in [0.3, 0.4) is 0 Å². The molecule has 5 saturated carbocycles. The number of alkyl carbamates (subject to hydrolysis) is 2. The van der Waals surface area contributed by atoms with Gasteiger partial charge in [0.25, 0.3) is 0 Å². The Hall–Kier alpha value is -3.91. The Bertz CT molecular complexity index is 2120. The monoisotopic (exact) mass is 1100 g/mol. The van der Waals surface area contributed by atoms with Crippen LogP contribution in [0.1, 0.15) is 185 Å². The summed E-state index contributed by atoms with van der Waals surface area (Å²) in [6.45, 7) is 18.8. The van der Waals surface area contributed by atoms with Gasteiger partial charge in [-0.05, 0) is 152 Å². The topological polar surface area (TPSA) is 179 Å². The lowest BCUT2D eigenvalue weighted by Gasteiger charge is -2.38. The highest BCUT2D eigenvalue weighted by atomic mass is 35.5. The Balaban J connectivity index is 0.000000394. The van der Waals surface area contributed by atoms with E-state index in [0.717, 1.165) is 77.0 Å². The third kappa shape index (κ3) is 18.3. The number of anilines is 2. The second-order valence-corrected chi connectivity index (χ2v) is 22.9. The maximum atomic E-state index is 14.3. The molecular formula is C54H89ClF8N8O4. The SMILES string of the molecule is C.C.CC(C)[C@@H]1CC[C@@H](C)C[C@H]1OC(=O)NC1CCCC1(C)N.CC(C)[C@@H]1CC[C@@H](C)C[C@H]1OC(=O)NC1CCCC1(C)Nc1ncc(C(F)(F)F)cc1F.CC1(Nc2ncc(C(F)(F)F)cc2F)CCCC1N.Cl. The van der Waals surface area contributed by atoms with Crippen molar-refractivity contribution in [3.05, 3.63) is 47.3 Å². The summed E-state index contributed by atoms with van der Waals surface area (Å²) in [5.74, 6) is 0.361. The standard InChI is InChI=1S/C23H33F4N3O2.C17H32N2O2.C12H15F4N3.2CH4.ClH/c1-13(2)16-8-7-14(3)10-18(16)32-21(31)29-19-6-5-9-22(19,4)30-20-17(24)11-15(12-28-20)23(25,26)27;1-11(2)13-8-7-12(3)10-14(13)21-16(20)19-15-6-5-9-17(15,4)18;1-11(4-2-3-9(11)17)19-10-8(13)5-7(6-18-10)12(14,15)16;;;/h11-14,16,18-19H,5-10H2,1-4H3,(H,28,30)(H,29,31);11-15H,5-10,18H2,1-4H3,(H,19,20);5-6,9H,2-4,17H2,1H3,(H,18,19);2*1H4;1H/t14-,16+,18-,19?,22?;12-,13+,14-,15?,17?;;;;/m11..../s1. The lowest BCUT2D eigenvalue weighted by atomic mass is 9.75. The fraction of sp³-hybridized carbons (Fsp3) is 0.778. The van der Waals surface area contributed by atoms with Gasteiger partial charge in [-0.2, -0.15) is 26.3 Å². The number of carbonyl (C=O) groups excluding carboxylic acids is 2. The van der Waals surface area contributed by atoms with Gasteiger partial charge in [-0.1, -0.05) is 69.2 Å². The molecule has 2 heterocycles. The smallest absolute Gasteiger partial charge is 0.417 e. The van der Waals surface area contributed by atoms with E-state index < -0.39 is 52.3 Å². The van der Waals surface area contributed by atoms with E-state index in [9.17, 15) is 44.7 Å². The Morgan fingerprint density at radius 3 is 1.40 bits per heavy atom. The van der Waals surface area contributed by atoms with Crippen LogP contribution in [0.25, 0.3) is 0 Å². The molecule has 5 aliphatic carbocycles. The van der Waals surface area contributed by atoms with E-state index in [1.165, 1.54) is 6.42 Å². The van der Waals surface area contributed by atoms with E-state index in [1.54, 1.807) is 0 Å². The Morgan fingerprint density at radius 1 is 0.640 bits per heavy atom. The molecule has 75 heavy (non-hydrogen) atoms. The minimum Gasteiger partial charge on any atom is -0.446 e. The zero-order valence-electron chi connectivity index (χ0n) is 43.9. The highest BCUT2D eigenvalue weighted by Gasteiger charge is 2.44. The first-order valence-corrected chi connectivity index (χ1v) is 25.9. The van der Waals surface area contributed by atoms with Crippen molar-refractivity contribution in [1.82, 2.24) is 20.6 Å². The number of nitrogens with one attached hydrogen (secondary N) is 4. The zero-order valence-corrected chi connectivity index (χ0v) is 44.7. The Morgan fingerprint density at radius 2 is 1.03 bits per heavy atom. The van der Waals surface area contributed by atoms with Gasteiger partial charge >= 0.3 is 24.5 Å². The van der Waals surface area contributed by atoms with Crippen molar-refractivity contribution in [2.24, 2.45) is 47.0 Å². The second kappa shape index (κ2) is 27.6. The van der Waals surface area contributed by atoms with Crippen molar-refractivity contribution in [2.75, 3.05) is 10.6 Å². The maximum absolute atomic E-state index is 14.3. The molecule has 12 nitrogen and oxygen atoms in total. The molecule has 0 aliphatic heterocycles. The van der Waals surface area contributed by atoms with Gasteiger partial charge in [0.05, 0.1) is 28.2 Å². The van der Waals surface area contributed by atoms with Crippen LogP contribution in [0.4, 0.5) is 56.3 Å². The van der Waals surface area contributed by atoms with Crippen molar-refractivity contribution >= 4 is 36.2 Å². The number of halogens is 9. The molecule has 432 valence electrons. The number of hydrogen-bond donors (Lipinski definition) is 6. The van der Waals surface area contributed by atoms with Crippen LogP contribution in [-0.2, 0) is 21.8 Å². The van der Waals surface area contributed by atoms with Gasteiger partial charge < -0.3 is 42.2 Å². The Kier molecular flexibility index (Phi) is 24.7. The van der Waals surface area contributed by atoms with Gasteiger partial charge in [0, 0.05) is 30.0 Å². The van der Waals surface area contributed by atoms with Crippen LogP contribution in [0.5, 0.6) is 0 Å². The number of nitrogens with zero attached hydrogens (tertiary/aromatic N) is 2. The average Bonchev–Trinajstić information content (AvgIpc) is 3.91. The largest absolute Gasteiger partial charge is 0.446 e. The summed E-state index contributed by atoms with van der Waals surface area (Å²) in [7, 11) is 0. The van der Waals surface area contributed by atoms with Crippen molar-refractivity contribution < 1.29 is 54.2 Å². The number of rotatable bonds is 10. The summed E-state index contributed by atoms with van der Waals surface area (Å²) in [6.07, 6.45) is 4.92. The summed E-state index contributed by atoms with van der Waals surface area (Å²) in [5, 5.41) is 11.7. The molecule has 5 aliphatic rings. The Labute approximate surface area is 447 Å². The lowest BCUT2D eigenvalue weighted by molar-refractivity contribution is -0.138. The predicted octanol–water partition coefficient (Wildman–Crippen LogP) is 14.2. The van der Waals surface area contributed by atoms with E-state index in [1.807, 2.05) is 20.8 Å². The molecule has 5 fully saturated rings. The number of carbonyl (C=O) groups is 2. The number of ether oxygens (including phenoxy) is 2. The molecule has 8 N–H and O–H groups in total. The third-order valence-electron chi connectivity index (χ3n) is 16.2. The maximum Gasteiger partial charge on any atom is 0.417 e. The van der Waals surface area contributed by atoms with Gasteiger partial charge in [-0.3, -0.25) is 0 Å². The van der Waals surface area contributed by atoms with Crippen molar-refractivity contribution in [1.29, 1.82) is 0 Å².